The van der Waals surface area contributed by atoms with Gasteiger partial charge in [0.1, 0.15) is 0 Å². The number of pyridine rings is 1. The van der Waals surface area contributed by atoms with Crippen LogP contribution in [0.4, 0.5) is 0 Å². The van der Waals surface area contributed by atoms with Crippen molar-refractivity contribution in [3.8, 4) is 0 Å². The third-order valence-corrected chi connectivity index (χ3v) is 2.37. The Labute approximate surface area is 92.3 Å². The topological polar surface area (TPSA) is 42.1 Å². The molecule has 1 aromatic heterocycles. The Morgan fingerprint density at radius 3 is 2.60 bits per heavy atom. The molecule has 1 heterocycles. The van der Waals surface area contributed by atoms with E-state index in [1.165, 1.54) is 5.56 Å². The molecular formula is C12H21N3. The first-order valence-electron chi connectivity index (χ1n) is 5.46. The molecule has 0 spiro atoms. The molecule has 0 bridgehead atoms. The summed E-state index contributed by atoms with van der Waals surface area (Å²) in [6, 6.07) is 4.37. The van der Waals surface area contributed by atoms with Gasteiger partial charge in [0.15, 0.2) is 0 Å². The minimum absolute atomic E-state index is 0.167. The van der Waals surface area contributed by atoms with Gasteiger partial charge in [-0.15, -0.1) is 0 Å². The minimum atomic E-state index is 0.167. The van der Waals surface area contributed by atoms with Gasteiger partial charge in [0.05, 0.1) is 0 Å². The Balaban J connectivity index is 2.49. The van der Waals surface area contributed by atoms with Crippen molar-refractivity contribution in [2.75, 3.05) is 20.6 Å². The van der Waals surface area contributed by atoms with E-state index in [1.54, 1.807) is 0 Å². The molecule has 2 N–H and O–H groups in total. The summed E-state index contributed by atoms with van der Waals surface area (Å²) in [5, 5.41) is 0. The van der Waals surface area contributed by atoms with E-state index in [0.29, 0.717) is 0 Å². The summed E-state index contributed by atoms with van der Waals surface area (Å²) in [7, 11) is 4.07. The van der Waals surface area contributed by atoms with Crippen molar-refractivity contribution in [3.63, 3.8) is 0 Å². The zero-order valence-electron chi connectivity index (χ0n) is 9.90. The Kier molecular flexibility index (Phi) is 4.72. The molecule has 1 atom stereocenters. The molecule has 1 unspecified atom stereocenters. The number of aryl methyl sites for hydroxylation is 1. The van der Waals surface area contributed by atoms with Gasteiger partial charge in [-0.1, -0.05) is 13.0 Å². The van der Waals surface area contributed by atoms with Crippen molar-refractivity contribution in [3.05, 3.63) is 29.6 Å². The van der Waals surface area contributed by atoms with Crippen LogP contribution in [0, 0.1) is 0 Å². The maximum absolute atomic E-state index is 6.00. The van der Waals surface area contributed by atoms with Crippen LogP contribution in [0.1, 0.15) is 18.2 Å². The van der Waals surface area contributed by atoms with Gasteiger partial charge < -0.3 is 10.6 Å². The lowest BCUT2D eigenvalue weighted by Gasteiger charge is -2.16. The quantitative estimate of drug-likeness (QED) is 0.785. The van der Waals surface area contributed by atoms with Crippen LogP contribution in [-0.4, -0.2) is 36.6 Å². The average molecular weight is 207 g/mol. The van der Waals surface area contributed by atoms with Crippen LogP contribution in [0.2, 0.25) is 0 Å². The third-order valence-electron chi connectivity index (χ3n) is 2.37. The monoisotopic (exact) mass is 207 g/mol. The molecule has 0 aliphatic heterocycles. The highest BCUT2D eigenvalue weighted by atomic mass is 15.1. The van der Waals surface area contributed by atoms with Crippen LogP contribution in [0.25, 0.3) is 0 Å². The number of rotatable bonds is 5. The van der Waals surface area contributed by atoms with Gasteiger partial charge in [0.25, 0.3) is 0 Å². The first-order chi connectivity index (χ1) is 7.11. The second-order valence-electron chi connectivity index (χ2n) is 4.24. The lowest BCUT2D eigenvalue weighted by molar-refractivity contribution is 0.370. The van der Waals surface area contributed by atoms with Gasteiger partial charge in [-0.25, -0.2) is 0 Å². The van der Waals surface area contributed by atoms with E-state index in [0.717, 1.165) is 25.1 Å². The van der Waals surface area contributed by atoms with Crippen molar-refractivity contribution in [2.45, 2.75) is 25.8 Å². The number of hydrogen-bond acceptors (Lipinski definition) is 3. The summed E-state index contributed by atoms with van der Waals surface area (Å²) in [5.41, 5.74) is 8.36. The predicted molar refractivity (Wildman–Crippen MR) is 63.8 cm³/mol. The number of likely N-dealkylation sites (N-methyl/N-ethyl adjacent to an activating group) is 1. The number of nitrogens with two attached hydrogens (primary N) is 1. The second-order valence-corrected chi connectivity index (χ2v) is 4.24. The van der Waals surface area contributed by atoms with Gasteiger partial charge in [-0.3, -0.25) is 4.98 Å². The standard InChI is InChI=1S/C12H21N3/c1-4-10-5-6-12(14-8-10)7-11(13)9-15(2)3/h5-6,8,11H,4,7,9,13H2,1-3H3. The molecule has 0 aliphatic carbocycles. The summed E-state index contributed by atoms with van der Waals surface area (Å²) >= 11 is 0. The zero-order valence-corrected chi connectivity index (χ0v) is 9.90. The van der Waals surface area contributed by atoms with Gasteiger partial charge >= 0.3 is 0 Å². The molecule has 0 saturated heterocycles. The van der Waals surface area contributed by atoms with Crippen LogP contribution in [-0.2, 0) is 12.8 Å². The van der Waals surface area contributed by atoms with E-state index < -0.39 is 0 Å². The van der Waals surface area contributed by atoms with Gasteiger partial charge in [-0.05, 0) is 32.1 Å². The number of hydrogen-bond donors (Lipinski definition) is 1. The molecule has 84 valence electrons. The van der Waals surface area contributed by atoms with Crippen LogP contribution in [0.5, 0.6) is 0 Å². The summed E-state index contributed by atoms with van der Waals surface area (Å²) in [6.45, 7) is 3.03. The molecule has 0 amide bonds. The van der Waals surface area contributed by atoms with Gasteiger partial charge in [0.2, 0.25) is 0 Å². The van der Waals surface area contributed by atoms with E-state index in [1.807, 2.05) is 20.3 Å². The summed E-state index contributed by atoms with van der Waals surface area (Å²) in [6.07, 6.45) is 3.83. The van der Waals surface area contributed by atoms with E-state index in [4.69, 9.17) is 5.73 Å². The predicted octanol–water partition coefficient (Wildman–Crippen LogP) is 1.08. The van der Waals surface area contributed by atoms with Gasteiger partial charge in [-0.2, -0.15) is 0 Å². The molecule has 0 saturated carbocycles. The van der Waals surface area contributed by atoms with E-state index >= 15 is 0 Å². The molecular weight excluding hydrogens is 186 g/mol. The van der Waals surface area contributed by atoms with Gasteiger partial charge in [0, 0.05) is 30.9 Å². The lowest BCUT2D eigenvalue weighted by Crippen LogP contribution is -2.35. The highest BCUT2D eigenvalue weighted by Crippen LogP contribution is 2.03. The second kappa shape index (κ2) is 5.83. The van der Waals surface area contributed by atoms with E-state index in [9.17, 15) is 0 Å². The van der Waals surface area contributed by atoms with E-state index in [-0.39, 0.29) is 6.04 Å². The van der Waals surface area contributed by atoms with Crippen molar-refractivity contribution >= 4 is 0 Å². The first-order valence-corrected chi connectivity index (χ1v) is 5.46. The molecule has 3 heteroatoms. The highest BCUT2D eigenvalue weighted by Gasteiger charge is 2.05. The Morgan fingerprint density at radius 2 is 2.13 bits per heavy atom. The number of aromatic nitrogens is 1. The molecule has 3 nitrogen and oxygen atoms in total. The Bertz CT molecular complexity index is 279. The fraction of sp³-hybridized carbons (Fsp3) is 0.583. The molecule has 1 rings (SSSR count). The maximum atomic E-state index is 6.00. The zero-order chi connectivity index (χ0) is 11.3. The van der Waals surface area contributed by atoms with Crippen molar-refractivity contribution < 1.29 is 0 Å². The normalized spacial score (nSPS) is 13.1. The smallest absolute Gasteiger partial charge is 0.0419 e. The van der Waals surface area contributed by atoms with Crippen molar-refractivity contribution in [1.82, 2.24) is 9.88 Å². The minimum Gasteiger partial charge on any atom is -0.326 e. The maximum Gasteiger partial charge on any atom is 0.0419 e. The summed E-state index contributed by atoms with van der Waals surface area (Å²) < 4.78 is 0. The summed E-state index contributed by atoms with van der Waals surface area (Å²) in [4.78, 5) is 6.50. The summed E-state index contributed by atoms with van der Waals surface area (Å²) in [5.74, 6) is 0. The fourth-order valence-electron chi connectivity index (χ4n) is 1.59. The molecule has 1 aromatic rings. The molecule has 0 aliphatic rings. The largest absolute Gasteiger partial charge is 0.326 e. The van der Waals surface area contributed by atoms with Crippen LogP contribution in [0.15, 0.2) is 18.3 Å². The highest BCUT2D eigenvalue weighted by molar-refractivity contribution is 5.14. The average Bonchev–Trinajstić information content (AvgIpc) is 2.17. The van der Waals surface area contributed by atoms with E-state index in [2.05, 4.69) is 28.9 Å². The molecule has 0 fully saturated rings. The van der Waals surface area contributed by atoms with Crippen LogP contribution >= 0.6 is 0 Å². The molecule has 0 aromatic carbocycles. The van der Waals surface area contributed by atoms with Crippen LogP contribution < -0.4 is 5.73 Å². The molecule has 0 radical (unpaired) electrons. The third kappa shape index (κ3) is 4.40. The molecule has 15 heavy (non-hydrogen) atoms. The SMILES string of the molecule is CCc1ccc(CC(N)CN(C)C)nc1. The Morgan fingerprint density at radius 1 is 1.40 bits per heavy atom. The number of nitrogens with zero attached hydrogens (tertiary/aromatic N) is 2. The van der Waals surface area contributed by atoms with Crippen LogP contribution in [0.3, 0.4) is 0 Å². The van der Waals surface area contributed by atoms with Crippen molar-refractivity contribution in [1.29, 1.82) is 0 Å². The lowest BCUT2D eigenvalue weighted by atomic mass is 10.1. The first kappa shape index (κ1) is 12.1. The van der Waals surface area contributed by atoms with Crippen molar-refractivity contribution in [2.24, 2.45) is 5.73 Å². The Hall–Kier alpha value is -0.930. The fourth-order valence-corrected chi connectivity index (χ4v) is 1.59.